The number of hydrogen-bond donors (Lipinski definition) is 2. The van der Waals surface area contributed by atoms with Crippen molar-refractivity contribution < 1.29 is 4.79 Å². The summed E-state index contributed by atoms with van der Waals surface area (Å²) in [6.07, 6.45) is 3.37. The Morgan fingerprint density at radius 3 is 3.00 bits per heavy atom. The van der Waals surface area contributed by atoms with Gasteiger partial charge in [0.25, 0.3) is 5.91 Å². The highest BCUT2D eigenvalue weighted by Crippen LogP contribution is 2.24. The summed E-state index contributed by atoms with van der Waals surface area (Å²) in [4.78, 5) is 15.5. The van der Waals surface area contributed by atoms with Gasteiger partial charge < -0.3 is 11.1 Å². The number of rotatable bonds is 3. The van der Waals surface area contributed by atoms with E-state index >= 15 is 0 Å². The number of primary amides is 1. The molecule has 0 saturated heterocycles. The van der Waals surface area contributed by atoms with Crippen LogP contribution in [0.3, 0.4) is 0 Å². The van der Waals surface area contributed by atoms with Crippen LogP contribution in [0.1, 0.15) is 9.67 Å². The van der Waals surface area contributed by atoms with Crippen LogP contribution in [-0.4, -0.2) is 10.9 Å². The average molecular weight is 219 g/mol. The molecular weight excluding hydrogens is 210 g/mol. The van der Waals surface area contributed by atoms with Gasteiger partial charge in [-0.15, -0.1) is 11.3 Å². The zero-order valence-electron chi connectivity index (χ0n) is 7.81. The van der Waals surface area contributed by atoms with Gasteiger partial charge in [-0.3, -0.25) is 9.78 Å². The van der Waals surface area contributed by atoms with Crippen LogP contribution in [0.4, 0.5) is 11.4 Å². The monoisotopic (exact) mass is 219 g/mol. The summed E-state index contributed by atoms with van der Waals surface area (Å²) >= 11 is 1.32. The molecule has 15 heavy (non-hydrogen) atoms. The van der Waals surface area contributed by atoms with E-state index in [1.807, 2.05) is 23.6 Å². The van der Waals surface area contributed by atoms with Gasteiger partial charge in [-0.25, -0.2) is 0 Å². The Bertz CT molecular complexity index is 467. The van der Waals surface area contributed by atoms with E-state index in [0.717, 1.165) is 11.4 Å². The van der Waals surface area contributed by atoms with Crippen molar-refractivity contribution in [2.75, 3.05) is 5.32 Å². The van der Waals surface area contributed by atoms with Crippen LogP contribution in [-0.2, 0) is 0 Å². The lowest BCUT2D eigenvalue weighted by Crippen LogP contribution is -2.10. The lowest BCUT2D eigenvalue weighted by atomic mass is 10.3. The minimum Gasteiger partial charge on any atom is -0.365 e. The van der Waals surface area contributed by atoms with E-state index in [-0.39, 0.29) is 0 Å². The van der Waals surface area contributed by atoms with E-state index in [1.165, 1.54) is 11.3 Å². The fourth-order valence-electron chi connectivity index (χ4n) is 1.19. The van der Waals surface area contributed by atoms with Crippen LogP contribution < -0.4 is 11.1 Å². The summed E-state index contributed by atoms with van der Waals surface area (Å²) in [6.45, 7) is 0. The van der Waals surface area contributed by atoms with Gasteiger partial charge >= 0.3 is 0 Å². The maximum atomic E-state index is 11.1. The number of nitrogens with zero attached hydrogens (tertiary/aromatic N) is 1. The molecule has 4 nitrogen and oxygen atoms in total. The summed E-state index contributed by atoms with van der Waals surface area (Å²) in [5.74, 6) is -0.420. The molecule has 0 saturated carbocycles. The molecule has 0 aromatic carbocycles. The number of nitrogens with two attached hydrogens (primary N) is 1. The molecule has 0 radical (unpaired) electrons. The van der Waals surface area contributed by atoms with Crippen LogP contribution in [0.5, 0.6) is 0 Å². The second-order valence-electron chi connectivity index (χ2n) is 2.89. The lowest BCUT2D eigenvalue weighted by molar-refractivity contribution is 0.100. The molecule has 0 unspecified atom stereocenters. The molecule has 5 heteroatoms. The second kappa shape index (κ2) is 4.10. The SMILES string of the molecule is NC(=O)c1sccc1Nc1cccnc1. The molecule has 0 aliphatic carbocycles. The first kappa shape index (κ1) is 9.67. The third kappa shape index (κ3) is 2.13. The zero-order valence-corrected chi connectivity index (χ0v) is 8.62. The van der Waals surface area contributed by atoms with Crippen LogP contribution in [0.15, 0.2) is 36.0 Å². The van der Waals surface area contributed by atoms with Gasteiger partial charge in [0.1, 0.15) is 4.88 Å². The molecule has 2 aromatic rings. The highest BCUT2D eigenvalue weighted by atomic mass is 32.1. The Hall–Kier alpha value is -1.88. The van der Waals surface area contributed by atoms with Crippen LogP contribution in [0.25, 0.3) is 0 Å². The number of thiophene rings is 1. The van der Waals surface area contributed by atoms with Crippen molar-refractivity contribution >= 4 is 28.6 Å². The van der Waals surface area contributed by atoms with E-state index in [9.17, 15) is 4.79 Å². The Kier molecular flexibility index (Phi) is 2.64. The molecule has 0 spiro atoms. The van der Waals surface area contributed by atoms with Crippen molar-refractivity contribution in [3.05, 3.63) is 40.8 Å². The van der Waals surface area contributed by atoms with E-state index in [2.05, 4.69) is 10.3 Å². The maximum absolute atomic E-state index is 11.1. The third-order valence-electron chi connectivity index (χ3n) is 1.83. The van der Waals surface area contributed by atoms with Crippen molar-refractivity contribution in [3.8, 4) is 0 Å². The summed E-state index contributed by atoms with van der Waals surface area (Å²) in [6, 6.07) is 5.51. The Morgan fingerprint density at radius 2 is 2.33 bits per heavy atom. The van der Waals surface area contributed by atoms with E-state index in [1.54, 1.807) is 12.4 Å². The van der Waals surface area contributed by atoms with Crippen molar-refractivity contribution in [2.24, 2.45) is 5.73 Å². The number of hydrogen-bond acceptors (Lipinski definition) is 4. The van der Waals surface area contributed by atoms with Gasteiger partial charge in [-0.05, 0) is 23.6 Å². The fourth-order valence-corrected chi connectivity index (χ4v) is 1.89. The number of pyridine rings is 1. The summed E-state index contributed by atoms with van der Waals surface area (Å²) < 4.78 is 0. The number of carbonyl (C=O) groups excluding carboxylic acids is 1. The van der Waals surface area contributed by atoms with Crippen molar-refractivity contribution in [2.45, 2.75) is 0 Å². The number of nitrogens with one attached hydrogen (secondary N) is 1. The Balaban J connectivity index is 2.25. The molecule has 0 fully saturated rings. The summed E-state index contributed by atoms with van der Waals surface area (Å²) in [5, 5.41) is 4.90. The van der Waals surface area contributed by atoms with Crippen molar-refractivity contribution in [1.82, 2.24) is 4.98 Å². The number of anilines is 2. The molecule has 0 atom stereocenters. The molecule has 2 heterocycles. The molecule has 0 aliphatic rings. The normalized spacial score (nSPS) is 9.87. The Labute approximate surface area is 90.8 Å². The largest absolute Gasteiger partial charge is 0.365 e. The minimum atomic E-state index is -0.420. The standard InChI is InChI=1S/C10H9N3OS/c11-10(14)9-8(3-5-15-9)13-7-2-1-4-12-6-7/h1-6,13H,(H2,11,14). The first-order valence-corrected chi connectivity index (χ1v) is 5.19. The van der Waals surface area contributed by atoms with Gasteiger partial charge in [0.05, 0.1) is 17.6 Å². The van der Waals surface area contributed by atoms with Crippen molar-refractivity contribution in [1.29, 1.82) is 0 Å². The molecule has 76 valence electrons. The van der Waals surface area contributed by atoms with Crippen molar-refractivity contribution in [3.63, 3.8) is 0 Å². The molecular formula is C10H9N3OS. The molecule has 0 bridgehead atoms. The smallest absolute Gasteiger partial charge is 0.260 e. The van der Waals surface area contributed by atoms with Gasteiger partial charge in [0.2, 0.25) is 0 Å². The molecule has 2 aromatic heterocycles. The highest BCUT2D eigenvalue weighted by molar-refractivity contribution is 7.12. The van der Waals surface area contributed by atoms with Crippen LogP contribution >= 0.6 is 11.3 Å². The first-order valence-electron chi connectivity index (χ1n) is 4.32. The van der Waals surface area contributed by atoms with E-state index in [0.29, 0.717) is 4.88 Å². The van der Waals surface area contributed by atoms with Gasteiger partial charge in [0.15, 0.2) is 0 Å². The van der Waals surface area contributed by atoms with E-state index in [4.69, 9.17) is 5.73 Å². The van der Waals surface area contributed by atoms with Gasteiger partial charge in [0, 0.05) is 6.20 Å². The number of carbonyl (C=O) groups is 1. The topological polar surface area (TPSA) is 68.0 Å². The third-order valence-corrected chi connectivity index (χ3v) is 2.76. The van der Waals surface area contributed by atoms with Gasteiger partial charge in [-0.1, -0.05) is 0 Å². The predicted octanol–water partition coefficient (Wildman–Crippen LogP) is 1.99. The molecule has 2 rings (SSSR count). The molecule has 1 amide bonds. The second-order valence-corrected chi connectivity index (χ2v) is 3.81. The lowest BCUT2D eigenvalue weighted by Gasteiger charge is -2.04. The fraction of sp³-hybridized carbons (Fsp3) is 0. The zero-order chi connectivity index (χ0) is 10.7. The molecule has 3 N–H and O–H groups in total. The van der Waals surface area contributed by atoms with Gasteiger partial charge in [-0.2, -0.15) is 0 Å². The van der Waals surface area contributed by atoms with E-state index < -0.39 is 5.91 Å². The van der Waals surface area contributed by atoms with Crippen LogP contribution in [0.2, 0.25) is 0 Å². The highest BCUT2D eigenvalue weighted by Gasteiger charge is 2.09. The molecule has 0 aliphatic heterocycles. The number of aromatic nitrogens is 1. The van der Waals surface area contributed by atoms with Crippen LogP contribution in [0, 0.1) is 0 Å². The Morgan fingerprint density at radius 1 is 1.47 bits per heavy atom. The average Bonchev–Trinajstić information content (AvgIpc) is 2.67. The maximum Gasteiger partial charge on any atom is 0.260 e. The number of amides is 1. The quantitative estimate of drug-likeness (QED) is 0.829. The first-order chi connectivity index (χ1) is 7.27. The minimum absolute atomic E-state index is 0.420. The predicted molar refractivity (Wildman–Crippen MR) is 60.4 cm³/mol. The summed E-state index contributed by atoms with van der Waals surface area (Å²) in [7, 11) is 0. The summed E-state index contributed by atoms with van der Waals surface area (Å²) in [5.41, 5.74) is 6.78.